The van der Waals surface area contributed by atoms with Gasteiger partial charge in [-0.25, -0.2) is 9.59 Å². The van der Waals surface area contributed by atoms with Crippen molar-refractivity contribution in [1.29, 1.82) is 0 Å². The van der Waals surface area contributed by atoms with Gasteiger partial charge in [-0.1, -0.05) is 36.4 Å². The Kier molecular flexibility index (Phi) is 6.22. The Morgan fingerprint density at radius 2 is 1.70 bits per heavy atom. The first-order valence-corrected chi connectivity index (χ1v) is 10.2. The molecule has 0 bridgehead atoms. The number of ether oxygens (including phenoxy) is 2. The topological polar surface area (TPSA) is 94.8 Å². The first-order chi connectivity index (χ1) is 15.9. The molecule has 0 aliphatic heterocycles. The minimum absolute atomic E-state index is 0.105. The molecule has 0 aliphatic carbocycles. The zero-order valence-electron chi connectivity index (χ0n) is 18.0. The highest BCUT2D eigenvalue weighted by atomic mass is 16.5. The maximum absolute atomic E-state index is 12.7. The van der Waals surface area contributed by atoms with E-state index in [4.69, 9.17) is 13.9 Å². The van der Waals surface area contributed by atoms with Gasteiger partial charge >= 0.3 is 11.6 Å². The van der Waals surface area contributed by atoms with Crippen molar-refractivity contribution < 1.29 is 23.5 Å². The van der Waals surface area contributed by atoms with Crippen LogP contribution >= 0.6 is 0 Å². The molecule has 0 aliphatic rings. The van der Waals surface area contributed by atoms with Gasteiger partial charge in [-0.15, -0.1) is 0 Å². The van der Waals surface area contributed by atoms with Crippen molar-refractivity contribution in [3.63, 3.8) is 0 Å². The maximum Gasteiger partial charge on any atom is 0.349 e. The molecule has 3 aromatic carbocycles. The average molecular weight is 443 g/mol. The number of esters is 1. The standard InChI is InChI=1S/C26H21NO6/c1-16(17-7-4-3-5-8-17)27-24(28)22-14-18-11-12-21(15-23(18)33-26(22)30)32-25(29)19-9-6-10-20(13-19)31-2/h3-16H,1-2H3,(H,27,28). The number of methoxy groups -OCH3 is 1. The summed E-state index contributed by atoms with van der Waals surface area (Å²) in [5.74, 6) is -0.383. The predicted octanol–water partition coefficient (Wildman–Crippen LogP) is 4.51. The molecule has 1 amide bonds. The van der Waals surface area contributed by atoms with Crippen molar-refractivity contribution >= 4 is 22.8 Å². The molecule has 0 spiro atoms. The maximum atomic E-state index is 12.7. The Labute approximate surface area is 189 Å². The van der Waals surface area contributed by atoms with Crippen LogP contribution in [0.3, 0.4) is 0 Å². The van der Waals surface area contributed by atoms with Gasteiger partial charge in [0.25, 0.3) is 5.91 Å². The van der Waals surface area contributed by atoms with Crippen LogP contribution in [0, 0.1) is 0 Å². The first kappa shape index (κ1) is 21.8. The second-order valence-electron chi connectivity index (χ2n) is 7.37. The van der Waals surface area contributed by atoms with Crippen molar-refractivity contribution in [1.82, 2.24) is 5.32 Å². The third-order valence-electron chi connectivity index (χ3n) is 5.12. The van der Waals surface area contributed by atoms with Gasteiger partial charge in [0.15, 0.2) is 0 Å². The monoisotopic (exact) mass is 443 g/mol. The molecule has 1 aromatic heterocycles. The Hall–Kier alpha value is -4.39. The summed E-state index contributed by atoms with van der Waals surface area (Å²) >= 11 is 0. The third kappa shape index (κ3) is 4.93. The van der Waals surface area contributed by atoms with E-state index in [1.54, 1.807) is 36.4 Å². The molecule has 0 fully saturated rings. The van der Waals surface area contributed by atoms with Crippen LogP contribution in [0.2, 0.25) is 0 Å². The van der Waals surface area contributed by atoms with E-state index >= 15 is 0 Å². The van der Waals surface area contributed by atoms with Gasteiger partial charge < -0.3 is 19.2 Å². The molecule has 7 heteroatoms. The molecule has 1 unspecified atom stereocenters. The van der Waals surface area contributed by atoms with Gasteiger partial charge in [0.05, 0.1) is 18.7 Å². The number of amides is 1. The molecule has 0 saturated carbocycles. The lowest BCUT2D eigenvalue weighted by molar-refractivity contribution is 0.0734. The minimum atomic E-state index is -0.781. The number of hydrogen-bond acceptors (Lipinski definition) is 6. The number of carbonyl (C=O) groups is 2. The molecule has 1 heterocycles. The second kappa shape index (κ2) is 9.40. The molecule has 33 heavy (non-hydrogen) atoms. The molecular formula is C26H21NO6. The highest BCUT2D eigenvalue weighted by Gasteiger charge is 2.17. The van der Waals surface area contributed by atoms with Gasteiger partial charge in [-0.2, -0.15) is 0 Å². The van der Waals surface area contributed by atoms with Crippen LogP contribution in [0.5, 0.6) is 11.5 Å². The summed E-state index contributed by atoms with van der Waals surface area (Å²) in [6, 6.07) is 21.8. The van der Waals surface area contributed by atoms with E-state index in [1.165, 1.54) is 19.2 Å². The predicted molar refractivity (Wildman–Crippen MR) is 123 cm³/mol. The first-order valence-electron chi connectivity index (χ1n) is 10.2. The van der Waals surface area contributed by atoms with Crippen molar-refractivity contribution in [3.8, 4) is 11.5 Å². The lowest BCUT2D eigenvalue weighted by Crippen LogP contribution is -2.30. The third-order valence-corrected chi connectivity index (χ3v) is 5.12. The zero-order chi connectivity index (χ0) is 23.4. The number of nitrogens with one attached hydrogen (secondary N) is 1. The fourth-order valence-electron chi connectivity index (χ4n) is 3.33. The van der Waals surface area contributed by atoms with Crippen LogP contribution in [0.25, 0.3) is 11.0 Å². The fourth-order valence-corrected chi connectivity index (χ4v) is 3.33. The highest BCUT2D eigenvalue weighted by molar-refractivity contribution is 5.97. The summed E-state index contributed by atoms with van der Waals surface area (Å²) in [4.78, 5) is 37.6. The summed E-state index contributed by atoms with van der Waals surface area (Å²) in [6.07, 6.45) is 0. The summed E-state index contributed by atoms with van der Waals surface area (Å²) in [7, 11) is 1.51. The number of carbonyl (C=O) groups excluding carboxylic acids is 2. The SMILES string of the molecule is COc1cccc(C(=O)Oc2ccc3cc(C(=O)NC(C)c4ccccc4)c(=O)oc3c2)c1. The lowest BCUT2D eigenvalue weighted by Gasteiger charge is -2.14. The molecule has 0 radical (unpaired) electrons. The molecule has 166 valence electrons. The highest BCUT2D eigenvalue weighted by Crippen LogP contribution is 2.23. The normalized spacial score (nSPS) is 11.6. The van der Waals surface area contributed by atoms with Crippen molar-refractivity contribution in [2.75, 3.05) is 7.11 Å². The summed E-state index contributed by atoms with van der Waals surface area (Å²) in [6.45, 7) is 1.83. The average Bonchev–Trinajstić information content (AvgIpc) is 2.84. The van der Waals surface area contributed by atoms with E-state index in [9.17, 15) is 14.4 Å². The van der Waals surface area contributed by atoms with E-state index in [1.807, 2.05) is 37.3 Å². The fraction of sp³-hybridized carbons (Fsp3) is 0.115. The van der Waals surface area contributed by atoms with Crippen LogP contribution in [-0.2, 0) is 0 Å². The zero-order valence-corrected chi connectivity index (χ0v) is 18.0. The van der Waals surface area contributed by atoms with E-state index < -0.39 is 17.5 Å². The van der Waals surface area contributed by atoms with Crippen LogP contribution in [-0.4, -0.2) is 19.0 Å². The van der Waals surface area contributed by atoms with Crippen molar-refractivity contribution in [2.24, 2.45) is 0 Å². The molecule has 1 N–H and O–H groups in total. The number of fused-ring (bicyclic) bond motifs is 1. The van der Waals surface area contributed by atoms with Crippen LogP contribution < -0.4 is 20.4 Å². The van der Waals surface area contributed by atoms with Gasteiger partial charge in [0, 0.05) is 11.5 Å². The van der Waals surface area contributed by atoms with Crippen LogP contribution in [0.4, 0.5) is 0 Å². The second-order valence-corrected chi connectivity index (χ2v) is 7.37. The molecule has 4 aromatic rings. The Morgan fingerprint density at radius 1 is 0.909 bits per heavy atom. The van der Waals surface area contributed by atoms with E-state index in [0.29, 0.717) is 16.7 Å². The Balaban J connectivity index is 1.54. The van der Waals surface area contributed by atoms with E-state index in [0.717, 1.165) is 5.56 Å². The smallest absolute Gasteiger partial charge is 0.349 e. The molecule has 4 rings (SSSR count). The number of hydrogen-bond donors (Lipinski definition) is 1. The van der Waals surface area contributed by atoms with Crippen LogP contribution in [0.1, 0.15) is 39.2 Å². The summed E-state index contributed by atoms with van der Waals surface area (Å²) in [5, 5.41) is 3.33. The quantitative estimate of drug-likeness (QED) is 0.268. The molecular weight excluding hydrogens is 422 g/mol. The van der Waals surface area contributed by atoms with Gasteiger partial charge in [0.2, 0.25) is 0 Å². The Morgan fingerprint density at radius 3 is 2.45 bits per heavy atom. The van der Waals surface area contributed by atoms with Crippen LogP contribution in [0.15, 0.2) is 88.1 Å². The van der Waals surface area contributed by atoms with Crippen molar-refractivity contribution in [3.05, 3.63) is 106 Å². The van der Waals surface area contributed by atoms with Gasteiger partial charge in [-0.3, -0.25) is 4.79 Å². The van der Waals surface area contributed by atoms with Crippen molar-refractivity contribution in [2.45, 2.75) is 13.0 Å². The lowest BCUT2D eigenvalue weighted by atomic mass is 10.1. The number of rotatable bonds is 6. The number of benzene rings is 3. The Bertz CT molecular complexity index is 1380. The summed E-state index contributed by atoms with van der Waals surface area (Å²) < 4.78 is 15.8. The summed E-state index contributed by atoms with van der Waals surface area (Å²) in [5.41, 5.74) is 0.542. The minimum Gasteiger partial charge on any atom is -0.497 e. The van der Waals surface area contributed by atoms with E-state index in [2.05, 4.69) is 5.32 Å². The molecule has 7 nitrogen and oxygen atoms in total. The van der Waals surface area contributed by atoms with Gasteiger partial charge in [0.1, 0.15) is 22.6 Å². The van der Waals surface area contributed by atoms with E-state index in [-0.39, 0.29) is 22.9 Å². The largest absolute Gasteiger partial charge is 0.497 e. The molecule has 0 saturated heterocycles. The molecule has 1 atom stereocenters. The van der Waals surface area contributed by atoms with Gasteiger partial charge in [-0.05, 0) is 48.9 Å².